The zero-order chi connectivity index (χ0) is 17.2. The highest BCUT2D eigenvalue weighted by Crippen LogP contribution is 2.42. The molecule has 1 heterocycles. The van der Waals surface area contributed by atoms with Crippen molar-refractivity contribution in [3.8, 4) is 22.5 Å². The summed E-state index contributed by atoms with van der Waals surface area (Å²) in [6, 6.07) is 20.0. The monoisotopic (exact) mass is 332 g/mol. The lowest BCUT2D eigenvalue weighted by molar-refractivity contribution is 0.232. The number of aromatic nitrogens is 2. The Kier molecular flexibility index (Phi) is 4.30. The fourth-order valence-corrected chi connectivity index (χ4v) is 3.55. The SMILES string of the molecule is OC[C@@H]1C[C@H](CO)c2nc(-c3ccccc3)c(-c3ccccc3)nc21. The van der Waals surface area contributed by atoms with E-state index in [0.29, 0.717) is 6.42 Å². The lowest BCUT2D eigenvalue weighted by atomic mass is 10.0. The van der Waals surface area contributed by atoms with Gasteiger partial charge in [-0.2, -0.15) is 0 Å². The molecule has 4 rings (SSSR count). The summed E-state index contributed by atoms with van der Waals surface area (Å²) in [7, 11) is 0. The van der Waals surface area contributed by atoms with Crippen molar-refractivity contribution in [1.82, 2.24) is 9.97 Å². The highest BCUT2D eigenvalue weighted by Gasteiger charge is 2.34. The third-order valence-corrected chi connectivity index (χ3v) is 4.83. The van der Waals surface area contributed by atoms with Crippen LogP contribution in [-0.2, 0) is 0 Å². The zero-order valence-corrected chi connectivity index (χ0v) is 13.8. The van der Waals surface area contributed by atoms with Gasteiger partial charge in [0.25, 0.3) is 0 Å². The van der Waals surface area contributed by atoms with Gasteiger partial charge in [0.05, 0.1) is 36.0 Å². The van der Waals surface area contributed by atoms with Crippen LogP contribution in [0.5, 0.6) is 0 Å². The van der Waals surface area contributed by atoms with Crippen LogP contribution < -0.4 is 0 Å². The van der Waals surface area contributed by atoms with Gasteiger partial charge in [-0.3, -0.25) is 0 Å². The summed E-state index contributed by atoms with van der Waals surface area (Å²) in [6.45, 7) is 0.0498. The maximum Gasteiger partial charge on any atom is 0.0968 e. The summed E-state index contributed by atoms with van der Waals surface area (Å²) in [5.74, 6) is -0.126. The lowest BCUT2D eigenvalue weighted by Crippen LogP contribution is -2.06. The molecule has 0 fully saturated rings. The van der Waals surface area contributed by atoms with Crippen LogP contribution >= 0.6 is 0 Å². The summed E-state index contributed by atoms with van der Waals surface area (Å²) < 4.78 is 0. The van der Waals surface area contributed by atoms with Gasteiger partial charge in [0, 0.05) is 23.0 Å². The topological polar surface area (TPSA) is 66.2 Å². The van der Waals surface area contributed by atoms with Crippen molar-refractivity contribution < 1.29 is 10.2 Å². The fraction of sp³-hybridized carbons (Fsp3) is 0.238. The first-order valence-electron chi connectivity index (χ1n) is 8.56. The highest BCUT2D eigenvalue weighted by atomic mass is 16.3. The third kappa shape index (κ3) is 2.84. The molecule has 1 aliphatic rings. The predicted molar refractivity (Wildman–Crippen MR) is 97.2 cm³/mol. The number of benzene rings is 2. The molecule has 4 heteroatoms. The van der Waals surface area contributed by atoms with E-state index in [1.54, 1.807) is 0 Å². The van der Waals surface area contributed by atoms with E-state index in [1.165, 1.54) is 0 Å². The summed E-state index contributed by atoms with van der Waals surface area (Å²) in [5, 5.41) is 19.4. The second-order valence-electron chi connectivity index (χ2n) is 6.42. The first-order chi connectivity index (χ1) is 12.3. The van der Waals surface area contributed by atoms with Crippen molar-refractivity contribution in [2.75, 3.05) is 13.2 Å². The number of hydrogen-bond acceptors (Lipinski definition) is 4. The number of rotatable bonds is 4. The highest BCUT2D eigenvalue weighted by molar-refractivity contribution is 5.78. The molecule has 0 saturated heterocycles. The molecule has 3 aromatic rings. The van der Waals surface area contributed by atoms with E-state index in [-0.39, 0.29) is 25.0 Å². The Hall–Kier alpha value is -2.56. The molecule has 4 nitrogen and oxygen atoms in total. The zero-order valence-electron chi connectivity index (χ0n) is 13.8. The molecule has 0 bridgehead atoms. The predicted octanol–water partition coefficient (Wildman–Crippen LogP) is 3.37. The molecular weight excluding hydrogens is 312 g/mol. The second-order valence-corrected chi connectivity index (χ2v) is 6.42. The van der Waals surface area contributed by atoms with Crippen molar-refractivity contribution in [2.45, 2.75) is 18.3 Å². The van der Waals surface area contributed by atoms with E-state index >= 15 is 0 Å². The van der Waals surface area contributed by atoms with E-state index in [2.05, 4.69) is 0 Å². The van der Waals surface area contributed by atoms with Gasteiger partial charge in [0.1, 0.15) is 0 Å². The Morgan fingerprint density at radius 3 is 1.44 bits per heavy atom. The van der Waals surface area contributed by atoms with Gasteiger partial charge in [0.15, 0.2) is 0 Å². The Morgan fingerprint density at radius 2 is 1.08 bits per heavy atom. The Morgan fingerprint density at radius 1 is 0.680 bits per heavy atom. The van der Waals surface area contributed by atoms with Gasteiger partial charge < -0.3 is 10.2 Å². The molecule has 0 unspecified atom stereocenters. The van der Waals surface area contributed by atoms with E-state index in [4.69, 9.17) is 9.97 Å². The molecule has 0 aliphatic heterocycles. The Bertz CT molecular complexity index is 793. The maximum atomic E-state index is 9.72. The average molecular weight is 332 g/mol. The minimum Gasteiger partial charge on any atom is -0.396 e. The summed E-state index contributed by atoms with van der Waals surface area (Å²) >= 11 is 0. The standard InChI is InChI=1S/C21H20N2O2/c24-12-16-11-17(13-25)21-20(16)22-18(14-7-3-1-4-8-14)19(23-21)15-9-5-2-6-10-15/h1-10,16-17,24-25H,11-13H2/t16-,17+. The van der Waals surface area contributed by atoms with Gasteiger partial charge >= 0.3 is 0 Å². The summed E-state index contributed by atoms with van der Waals surface area (Å²) in [4.78, 5) is 9.83. The number of fused-ring (bicyclic) bond motifs is 1. The smallest absolute Gasteiger partial charge is 0.0968 e. The fourth-order valence-electron chi connectivity index (χ4n) is 3.55. The third-order valence-electron chi connectivity index (χ3n) is 4.83. The van der Waals surface area contributed by atoms with E-state index in [0.717, 1.165) is 33.9 Å². The van der Waals surface area contributed by atoms with E-state index in [9.17, 15) is 10.2 Å². The first-order valence-corrected chi connectivity index (χ1v) is 8.56. The van der Waals surface area contributed by atoms with Crippen molar-refractivity contribution in [3.05, 3.63) is 72.1 Å². The van der Waals surface area contributed by atoms with Crippen LogP contribution in [-0.4, -0.2) is 33.4 Å². The minimum atomic E-state index is -0.0630. The molecule has 1 aromatic heterocycles. The molecule has 2 atom stereocenters. The number of hydrogen-bond donors (Lipinski definition) is 2. The van der Waals surface area contributed by atoms with Crippen LogP contribution in [0.4, 0.5) is 0 Å². The number of nitrogens with zero attached hydrogens (tertiary/aromatic N) is 2. The van der Waals surface area contributed by atoms with Gasteiger partial charge in [-0.1, -0.05) is 60.7 Å². The molecule has 0 saturated carbocycles. The molecule has 2 aromatic carbocycles. The first kappa shape index (κ1) is 15.9. The Balaban J connectivity index is 1.96. The molecule has 1 aliphatic carbocycles. The number of aliphatic hydroxyl groups excluding tert-OH is 2. The van der Waals surface area contributed by atoms with Gasteiger partial charge in [-0.05, 0) is 6.42 Å². The van der Waals surface area contributed by atoms with Crippen LogP contribution in [0, 0.1) is 0 Å². The van der Waals surface area contributed by atoms with Crippen LogP contribution in [0.3, 0.4) is 0 Å². The minimum absolute atomic E-state index is 0.0249. The molecule has 2 N–H and O–H groups in total. The van der Waals surface area contributed by atoms with E-state index < -0.39 is 0 Å². The molecular formula is C21H20N2O2. The second kappa shape index (κ2) is 6.75. The summed E-state index contributed by atoms with van der Waals surface area (Å²) in [5.41, 5.74) is 5.28. The molecule has 0 spiro atoms. The lowest BCUT2D eigenvalue weighted by Gasteiger charge is -2.14. The Labute approximate surface area is 146 Å². The van der Waals surface area contributed by atoms with Crippen LogP contribution in [0.2, 0.25) is 0 Å². The summed E-state index contributed by atoms with van der Waals surface area (Å²) in [6.07, 6.45) is 0.689. The average Bonchev–Trinajstić information content (AvgIpc) is 3.05. The molecule has 126 valence electrons. The largest absolute Gasteiger partial charge is 0.396 e. The van der Waals surface area contributed by atoms with Crippen molar-refractivity contribution in [3.63, 3.8) is 0 Å². The van der Waals surface area contributed by atoms with Crippen LogP contribution in [0.25, 0.3) is 22.5 Å². The molecule has 0 radical (unpaired) electrons. The van der Waals surface area contributed by atoms with Gasteiger partial charge in [-0.25, -0.2) is 9.97 Å². The molecule has 25 heavy (non-hydrogen) atoms. The van der Waals surface area contributed by atoms with Crippen LogP contribution in [0.15, 0.2) is 60.7 Å². The normalized spacial score (nSPS) is 19.0. The van der Waals surface area contributed by atoms with Crippen molar-refractivity contribution in [1.29, 1.82) is 0 Å². The van der Waals surface area contributed by atoms with Gasteiger partial charge in [0.2, 0.25) is 0 Å². The van der Waals surface area contributed by atoms with Gasteiger partial charge in [-0.15, -0.1) is 0 Å². The number of aliphatic hydroxyl groups is 2. The van der Waals surface area contributed by atoms with Crippen LogP contribution in [0.1, 0.15) is 29.6 Å². The molecule has 0 amide bonds. The van der Waals surface area contributed by atoms with Crippen molar-refractivity contribution in [2.24, 2.45) is 0 Å². The van der Waals surface area contributed by atoms with Crippen molar-refractivity contribution >= 4 is 0 Å². The quantitative estimate of drug-likeness (QED) is 0.769. The van der Waals surface area contributed by atoms with E-state index in [1.807, 2.05) is 60.7 Å². The maximum absolute atomic E-state index is 9.72.